The number of hydrogen-bond donors (Lipinski definition) is 1. The van der Waals surface area contributed by atoms with Gasteiger partial charge in [0.1, 0.15) is 11.5 Å². The van der Waals surface area contributed by atoms with Gasteiger partial charge in [0.25, 0.3) is 0 Å². The van der Waals surface area contributed by atoms with Crippen molar-refractivity contribution in [2.24, 2.45) is 5.92 Å². The van der Waals surface area contributed by atoms with Crippen molar-refractivity contribution in [2.75, 3.05) is 32.5 Å². The maximum absolute atomic E-state index is 12.7. The maximum atomic E-state index is 12.7. The Hall–Kier alpha value is -3.42. The van der Waals surface area contributed by atoms with Gasteiger partial charge in [0, 0.05) is 36.8 Å². The first-order valence-electron chi connectivity index (χ1n) is 9.27. The largest absolute Gasteiger partial charge is 0.497 e. The molecule has 0 radical (unpaired) electrons. The molecule has 2 heterocycles. The Bertz CT molecular complexity index is 945. The van der Waals surface area contributed by atoms with E-state index >= 15 is 0 Å². The Labute approximate surface area is 168 Å². The highest BCUT2D eigenvalue weighted by molar-refractivity contribution is 6.00. The monoisotopic (exact) mass is 398 g/mol. The van der Waals surface area contributed by atoms with Crippen LogP contribution in [0.2, 0.25) is 0 Å². The van der Waals surface area contributed by atoms with Gasteiger partial charge in [-0.1, -0.05) is 0 Å². The lowest BCUT2D eigenvalue weighted by Crippen LogP contribution is -2.32. The number of rotatable bonds is 6. The van der Waals surface area contributed by atoms with Crippen molar-refractivity contribution in [1.82, 2.24) is 5.32 Å². The third-order valence-corrected chi connectivity index (χ3v) is 5.10. The number of carbonyl (C=O) groups is 2. The van der Waals surface area contributed by atoms with Crippen molar-refractivity contribution in [2.45, 2.75) is 13.0 Å². The van der Waals surface area contributed by atoms with Crippen molar-refractivity contribution in [3.05, 3.63) is 42.0 Å². The van der Waals surface area contributed by atoms with Gasteiger partial charge in [-0.15, -0.1) is 0 Å². The fourth-order valence-corrected chi connectivity index (χ4v) is 3.53. The molecule has 152 valence electrons. The quantitative estimate of drug-likeness (QED) is 0.802. The van der Waals surface area contributed by atoms with Gasteiger partial charge in [0.05, 0.1) is 20.1 Å². The highest BCUT2D eigenvalue weighted by atomic mass is 16.7. The minimum absolute atomic E-state index is 0.0945. The van der Waals surface area contributed by atoms with Gasteiger partial charge in [-0.25, -0.2) is 0 Å². The summed E-state index contributed by atoms with van der Waals surface area (Å²) in [5, 5.41) is 2.90. The molecule has 0 bridgehead atoms. The first-order chi connectivity index (χ1) is 14.1. The number of fused-ring (bicyclic) bond motifs is 1. The van der Waals surface area contributed by atoms with Crippen molar-refractivity contribution in [1.29, 1.82) is 0 Å². The fourth-order valence-electron chi connectivity index (χ4n) is 3.53. The smallest absolute Gasteiger partial charge is 0.231 e. The van der Waals surface area contributed by atoms with Crippen molar-refractivity contribution in [3.8, 4) is 23.0 Å². The van der Waals surface area contributed by atoms with Gasteiger partial charge < -0.3 is 29.2 Å². The van der Waals surface area contributed by atoms with Crippen LogP contribution in [0.15, 0.2) is 36.4 Å². The van der Waals surface area contributed by atoms with E-state index in [0.717, 1.165) is 5.56 Å². The molecule has 1 N–H and O–H groups in total. The molecule has 2 aromatic rings. The number of nitrogens with zero attached hydrogens (tertiary/aromatic N) is 1. The Morgan fingerprint density at radius 2 is 1.97 bits per heavy atom. The van der Waals surface area contributed by atoms with Gasteiger partial charge in [0.15, 0.2) is 11.5 Å². The molecule has 0 spiro atoms. The van der Waals surface area contributed by atoms with Crippen LogP contribution in [0.5, 0.6) is 23.0 Å². The summed E-state index contributed by atoms with van der Waals surface area (Å²) in [6.07, 6.45) is 0.162. The molecule has 2 aromatic carbocycles. The Morgan fingerprint density at radius 3 is 2.76 bits per heavy atom. The summed E-state index contributed by atoms with van der Waals surface area (Å²) in [5.41, 5.74) is 1.50. The second-order valence-corrected chi connectivity index (χ2v) is 6.84. The molecule has 0 saturated carbocycles. The molecule has 1 atom stereocenters. The minimum atomic E-state index is -0.426. The predicted octanol–water partition coefficient (Wildman–Crippen LogP) is 2.10. The van der Waals surface area contributed by atoms with Crippen LogP contribution in [0.4, 0.5) is 5.69 Å². The second-order valence-electron chi connectivity index (χ2n) is 6.84. The number of benzene rings is 2. The molecule has 4 rings (SSSR count). The number of amides is 2. The summed E-state index contributed by atoms with van der Waals surface area (Å²) in [7, 11) is 3.16. The van der Waals surface area contributed by atoms with Gasteiger partial charge in [-0.05, 0) is 30.3 Å². The number of methoxy groups -OCH3 is 2. The molecular formula is C21H22N2O6. The number of ether oxygens (including phenoxy) is 4. The Morgan fingerprint density at radius 1 is 1.14 bits per heavy atom. The summed E-state index contributed by atoms with van der Waals surface area (Å²) in [6, 6.07) is 10.7. The lowest BCUT2D eigenvalue weighted by atomic mass is 10.1. The summed E-state index contributed by atoms with van der Waals surface area (Å²) in [6.45, 7) is 0.777. The van der Waals surface area contributed by atoms with Crippen LogP contribution < -0.4 is 29.2 Å². The standard InChI is InChI=1S/C21H22N2O6/c1-26-16-4-6-17(27-2)13(7-16)10-22-21(25)14-8-20(24)23(11-14)15-3-5-18-19(9-15)29-12-28-18/h3-7,9,14H,8,10-12H2,1-2H3,(H,22,25). The zero-order valence-electron chi connectivity index (χ0n) is 16.3. The molecule has 2 aliphatic heterocycles. The molecule has 8 heteroatoms. The molecule has 1 unspecified atom stereocenters. The van der Waals surface area contributed by atoms with Crippen LogP contribution in [0.1, 0.15) is 12.0 Å². The molecule has 1 saturated heterocycles. The molecule has 2 aliphatic rings. The Kier molecular flexibility index (Phi) is 5.16. The van der Waals surface area contributed by atoms with E-state index in [1.54, 1.807) is 49.5 Å². The van der Waals surface area contributed by atoms with Crippen LogP contribution in [0.25, 0.3) is 0 Å². The first kappa shape index (κ1) is 18.9. The van der Waals surface area contributed by atoms with Crippen LogP contribution in [-0.2, 0) is 16.1 Å². The second kappa shape index (κ2) is 7.90. The average Bonchev–Trinajstić information content (AvgIpc) is 3.37. The molecule has 0 aromatic heterocycles. The van der Waals surface area contributed by atoms with Crippen molar-refractivity contribution < 1.29 is 28.5 Å². The Balaban J connectivity index is 1.41. The molecule has 0 aliphatic carbocycles. The van der Waals surface area contributed by atoms with E-state index in [9.17, 15) is 9.59 Å². The fraction of sp³-hybridized carbons (Fsp3) is 0.333. The average molecular weight is 398 g/mol. The summed E-state index contributed by atoms with van der Waals surface area (Å²) < 4.78 is 21.2. The minimum Gasteiger partial charge on any atom is -0.497 e. The van der Waals surface area contributed by atoms with Crippen LogP contribution in [-0.4, -0.2) is 39.4 Å². The first-order valence-corrected chi connectivity index (χ1v) is 9.27. The predicted molar refractivity (Wildman–Crippen MR) is 104 cm³/mol. The van der Waals surface area contributed by atoms with Gasteiger partial charge >= 0.3 is 0 Å². The molecule has 2 amide bonds. The maximum Gasteiger partial charge on any atom is 0.231 e. The van der Waals surface area contributed by atoms with Gasteiger partial charge in [0.2, 0.25) is 18.6 Å². The summed E-state index contributed by atoms with van der Waals surface area (Å²) in [5.74, 6) is 1.91. The van der Waals surface area contributed by atoms with E-state index in [1.807, 2.05) is 6.07 Å². The summed E-state index contributed by atoms with van der Waals surface area (Å²) >= 11 is 0. The van der Waals surface area contributed by atoms with E-state index in [0.29, 0.717) is 35.2 Å². The van der Waals surface area contributed by atoms with E-state index in [2.05, 4.69) is 5.32 Å². The summed E-state index contributed by atoms with van der Waals surface area (Å²) in [4.78, 5) is 26.8. The normalized spacial score (nSPS) is 17.4. The van der Waals surface area contributed by atoms with E-state index in [1.165, 1.54) is 0 Å². The van der Waals surface area contributed by atoms with Crippen LogP contribution in [0, 0.1) is 5.92 Å². The van der Waals surface area contributed by atoms with Crippen molar-refractivity contribution >= 4 is 17.5 Å². The van der Waals surface area contributed by atoms with Crippen molar-refractivity contribution in [3.63, 3.8) is 0 Å². The third kappa shape index (κ3) is 3.78. The number of hydrogen-bond acceptors (Lipinski definition) is 6. The van der Waals surface area contributed by atoms with E-state index in [-0.39, 0.29) is 31.6 Å². The van der Waals surface area contributed by atoms with E-state index in [4.69, 9.17) is 18.9 Å². The zero-order valence-corrected chi connectivity index (χ0v) is 16.3. The highest BCUT2D eigenvalue weighted by Gasteiger charge is 2.35. The van der Waals surface area contributed by atoms with Gasteiger partial charge in [-0.2, -0.15) is 0 Å². The highest BCUT2D eigenvalue weighted by Crippen LogP contribution is 2.37. The van der Waals surface area contributed by atoms with Crippen LogP contribution >= 0.6 is 0 Å². The molecule has 29 heavy (non-hydrogen) atoms. The zero-order chi connectivity index (χ0) is 20.4. The molecule has 1 fully saturated rings. The number of carbonyl (C=O) groups excluding carboxylic acids is 2. The number of anilines is 1. The lowest BCUT2D eigenvalue weighted by molar-refractivity contribution is -0.126. The topological polar surface area (TPSA) is 86.3 Å². The molecular weight excluding hydrogens is 376 g/mol. The SMILES string of the molecule is COc1ccc(OC)c(CNC(=O)C2CC(=O)N(c3ccc4c(c3)OCO4)C2)c1. The molecule has 8 nitrogen and oxygen atoms in total. The number of nitrogens with one attached hydrogen (secondary N) is 1. The lowest BCUT2D eigenvalue weighted by Gasteiger charge is -2.17. The van der Waals surface area contributed by atoms with E-state index < -0.39 is 5.92 Å². The third-order valence-electron chi connectivity index (χ3n) is 5.10. The van der Waals surface area contributed by atoms with Gasteiger partial charge in [-0.3, -0.25) is 9.59 Å². The van der Waals surface area contributed by atoms with Crippen LogP contribution in [0.3, 0.4) is 0 Å².